The Labute approximate surface area is 158 Å². The van der Waals surface area contributed by atoms with E-state index in [9.17, 15) is 14.9 Å². The standard InChI is InChI=1S/C18H15N3O5S/c1-25-15-8-11(9-16-17(22)20-18(19)27-16)6-7-14(15)26-10-12-4-2-3-5-13(12)21(23)24/h2-9H,10H2,1H3,(H2,19,20,22)/b16-9+. The summed E-state index contributed by atoms with van der Waals surface area (Å²) in [6, 6.07) is 11.5. The molecule has 1 aliphatic heterocycles. The molecule has 0 atom stereocenters. The lowest BCUT2D eigenvalue weighted by Gasteiger charge is -2.11. The maximum atomic E-state index is 11.7. The van der Waals surface area contributed by atoms with E-state index in [-0.39, 0.29) is 23.4 Å². The van der Waals surface area contributed by atoms with Gasteiger partial charge in [0.25, 0.3) is 11.6 Å². The van der Waals surface area contributed by atoms with Crippen LogP contribution in [0.25, 0.3) is 6.08 Å². The molecule has 0 bridgehead atoms. The van der Waals surface area contributed by atoms with Crippen molar-refractivity contribution in [2.24, 2.45) is 10.7 Å². The Hall–Kier alpha value is -3.33. The second-order valence-corrected chi connectivity index (χ2v) is 6.51. The molecule has 138 valence electrons. The summed E-state index contributed by atoms with van der Waals surface area (Å²) in [6.45, 7) is 0.0205. The number of nitrogens with zero attached hydrogens (tertiary/aromatic N) is 2. The number of carbonyl (C=O) groups excluding carboxylic acids is 1. The zero-order valence-electron chi connectivity index (χ0n) is 14.2. The van der Waals surface area contributed by atoms with Crippen LogP contribution in [0.15, 0.2) is 52.4 Å². The number of rotatable bonds is 6. The lowest BCUT2D eigenvalue weighted by molar-refractivity contribution is -0.385. The van der Waals surface area contributed by atoms with Crippen molar-refractivity contribution in [3.8, 4) is 11.5 Å². The Morgan fingerprint density at radius 2 is 2.04 bits per heavy atom. The Morgan fingerprint density at radius 3 is 2.70 bits per heavy atom. The maximum Gasteiger partial charge on any atom is 0.286 e. The molecule has 0 spiro atoms. The number of nitrogens with two attached hydrogens (primary N) is 1. The lowest BCUT2D eigenvalue weighted by Crippen LogP contribution is -2.01. The summed E-state index contributed by atoms with van der Waals surface area (Å²) in [7, 11) is 1.49. The van der Waals surface area contributed by atoms with Gasteiger partial charge in [0, 0.05) is 6.07 Å². The van der Waals surface area contributed by atoms with Crippen LogP contribution in [0, 0.1) is 10.1 Å². The molecule has 3 rings (SSSR count). The highest BCUT2D eigenvalue weighted by Crippen LogP contribution is 2.32. The number of amidine groups is 1. The SMILES string of the molecule is COc1cc(/C=C2/SC(N)=NC2=O)ccc1OCc1ccccc1[N+](=O)[O-]. The van der Waals surface area contributed by atoms with E-state index >= 15 is 0 Å². The predicted octanol–water partition coefficient (Wildman–Crippen LogP) is 3.11. The highest BCUT2D eigenvalue weighted by molar-refractivity contribution is 8.18. The molecule has 0 aliphatic carbocycles. The van der Waals surface area contributed by atoms with Gasteiger partial charge in [-0.1, -0.05) is 18.2 Å². The van der Waals surface area contributed by atoms with Crippen LogP contribution in [0.5, 0.6) is 11.5 Å². The molecule has 1 heterocycles. The highest BCUT2D eigenvalue weighted by atomic mass is 32.2. The Bertz CT molecular complexity index is 971. The number of amides is 1. The third kappa shape index (κ3) is 4.26. The van der Waals surface area contributed by atoms with Gasteiger partial charge in [0.05, 0.1) is 22.5 Å². The minimum atomic E-state index is -0.449. The van der Waals surface area contributed by atoms with E-state index in [0.717, 1.165) is 11.8 Å². The first-order chi connectivity index (χ1) is 13.0. The topological polar surface area (TPSA) is 117 Å². The predicted molar refractivity (Wildman–Crippen MR) is 103 cm³/mol. The van der Waals surface area contributed by atoms with Gasteiger partial charge in [0.1, 0.15) is 6.61 Å². The number of methoxy groups -OCH3 is 1. The van der Waals surface area contributed by atoms with E-state index in [1.54, 1.807) is 42.5 Å². The highest BCUT2D eigenvalue weighted by Gasteiger charge is 2.20. The number of carbonyl (C=O) groups is 1. The van der Waals surface area contributed by atoms with Crippen molar-refractivity contribution in [1.82, 2.24) is 0 Å². The molecule has 0 saturated heterocycles. The Balaban J connectivity index is 1.79. The number of ether oxygens (including phenoxy) is 2. The van der Waals surface area contributed by atoms with E-state index in [0.29, 0.717) is 27.5 Å². The van der Waals surface area contributed by atoms with Crippen molar-refractivity contribution in [2.75, 3.05) is 7.11 Å². The summed E-state index contributed by atoms with van der Waals surface area (Å²) >= 11 is 1.10. The lowest BCUT2D eigenvalue weighted by atomic mass is 10.1. The molecule has 0 saturated carbocycles. The fourth-order valence-electron chi connectivity index (χ4n) is 2.44. The van der Waals surface area contributed by atoms with Crippen LogP contribution in [0.2, 0.25) is 0 Å². The number of aliphatic imine (C=N–C) groups is 1. The average Bonchev–Trinajstić information content (AvgIpc) is 2.97. The van der Waals surface area contributed by atoms with Gasteiger partial charge in [-0.2, -0.15) is 4.99 Å². The summed E-state index contributed by atoms with van der Waals surface area (Å²) < 4.78 is 11.0. The molecular weight excluding hydrogens is 370 g/mol. The molecule has 9 heteroatoms. The molecule has 0 fully saturated rings. The van der Waals surface area contributed by atoms with Crippen molar-refractivity contribution in [3.63, 3.8) is 0 Å². The van der Waals surface area contributed by atoms with Gasteiger partial charge in [-0.15, -0.1) is 0 Å². The monoisotopic (exact) mass is 385 g/mol. The van der Waals surface area contributed by atoms with Crippen molar-refractivity contribution in [2.45, 2.75) is 6.61 Å². The number of thioether (sulfide) groups is 1. The third-order valence-corrected chi connectivity index (χ3v) is 4.51. The molecule has 1 amide bonds. The summed E-state index contributed by atoms with van der Waals surface area (Å²) in [5.41, 5.74) is 6.70. The van der Waals surface area contributed by atoms with E-state index < -0.39 is 4.92 Å². The van der Waals surface area contributed by atoms with Crippen LogP contribution < -0.4 is 15.2 Å². The number of hydrogen-bond acceptors (Lipinski definition) is 7. The van der Waals surface area contributed by atoms with Crippen molar-refractivity contribution >= 4 is 34.6 Å². The fraction of sp³-hybridized carbons (Fsp3) is 0.111. The molecule has 2 aromatic carbocycles. The summed E-state index contributed by atoms with van der Waals surface area (Å²) in [5, 5.41) is 11.3. The molecule has 0 aromatic heterocycles. The molecule has 0 radical (unpaired) electrons. The molecular formula is C18H15N3O5S. The molecule has 27 heavy (non-hydrogen) atoms. The fourth-order valence-corrected chi connectivity index (χ4v) is 3.12. The minimum absolute atomic E-state index is 0.00724. The maximum absolute atomic E-state index is 11.7. The number of benzene rings is 2. The van der Waals surface area contributed by atoms with E-state index in [2.05, 4.69) is 4.99 Å². The summed E-state index contributed by atoms with van der Waals surface area (Å²) in [5.74, 6) is 0.486. The summed E-state index contributed by atoms with van der Waals surface area (Å²) in [6.07, 6.45) is 1.66. The molecule has 2 aromatic rings. The Morgan fingerprint density at radius 1 is 1.26 bits per heavy atom. The van der Waals surface area contributed by atoms with Crippen molar-refractivity contribution in [1.29, 1.82) is 0 Å². The molecule has 1 aliphatic rings. The van der Waals surface area contributed by atoms with Crippen molar-refractivity contribution in [3.05, 3.63) is 68.6 Å². The van der Waals surface area contributed by atoms with E-state index in [1.807, 2.05) is 0 Å². The number of nitro benzene ring substituents is 1. The van der Waals surface area contributed by atoms with Gasteiger partial charge < -0.3 is 15.2 Å². The third-order valence-electron chi connectivity index (χ3n) is 3.69. The number of nitro groups is 1. The van der Waals surface area contributed by atoms with Gasteiger partial charge in [-0.3, -0.25) is 14.9 Å². The minimum Gasteiger partial charge on any atom is -0.493 e. The normalized spacial score (nSPS) is 14.9. The van der Waals surface area contributed by atoms with Crippen LogP contribution in [-0.4, -0.2) is 23.1 Å². The summed E-state index contributed by atoms with van der Waals surface area (Å²) in [4.78, 5) is 26.4. The van der Waals surface area contributed by atoms with Gasteiger partial charge in [-0.25, -0.2) is 0 Å². The zero-order valence-corrected chi connectivity index (χ0v) is 15.1. The van der Waals surface area contributed by atoms with Gasteiger partial charge >= 0.3 is 0 Å². The first-order valence-electron chi connectivity index (χ1n) is 7.79. The number of para-hydroxylation sites is 1. The van der Waals surface area contributed by atoms with Gasteiger partial charge in [0.2, 0.25) is 0 Å². The molecule has 0 unspecified atom stereocenters. The van der Waals surface area contributed by atoms with Crippen LogP contribution in [0.1, 0.15) is 11.1 Å². The second kappa shape index (κ2) is 7.92. The van der Waals surface area contributed by atoms with Crippen LogP contribution >= 0.6 is 11.8 Å². The Kier molecular flexibility index (Phi) is 5.41. The zero-order chi connectivity index (χ0) is 19.4. The largest absolute Gasteiger partial charge is 0.493 e. The average molecular weight is 385 g/mol. The first kappa shape index (κ1) is 18.5. The van der Waals surface area contributed by atoms with Crippen LogP contribution in [0.3, 0.4) is 0 Å². The quantitative estimate of drug-likeness (QED) is 0.461. The van der Waals surface area contributed by atoms with Gasteiger partial charge in [-0.05, 0) is 41.6 Å². The molecule has 8 nitrogen and oxygen atoms in total. The van der Waals surface area contributed by atoms with Crippen LogP contribution in [0.4, 0.5) is 5.69 Å². The van der Waals surface area contributed by atoms with Crippen molar-refractivity contribution < 1.29 is 19.2 Å². The first-order valence-corrected chi connectivity index (χ1v) is 8.60. The van der Waals surface area contributed by atoms with Crippen LogP contribution in [-0.2, 0) is 11.4 Å². The van der Waals surface area contributed by atoms with E-state index in [4.69, 9.17) is 15.2 Å². The van der Waals surface area contributed by atoms with Gasteiger partial charge in [0.15, 0.2) is 16.7 Å². The second-order valence-electron chi connectivity index (χ2n) is 5.45. The van der Waals surface area contributed by atoms with E-state index in [1.165, 1.54) is 13.2 Å². The number of hydrogen-bond donors (Lipinski definition) is 1. The smallest absolute Gasteiger partial charge is 0.286 e. The molecule has 2 N–H and O–H groups in total.